The Morgan fingerprint density at radius 1 is 1.55 bits per heavy atom. The first-order valence-corrected chi connectivity index (χ1v) is 6.27. The number of nitro groups is 1. The van der Waals surface area contributed by atoms with E-state index in [0.29, 0.717) is 11.4 Å². The van der Waals surface area contributed by atoms with Gasteiger partial charge in [-0.3, -0.25) is 14.9 Å². The van der Waals surface area contributed by atoms with E-state index in [1.54, 1.807) is 17.2 Å². The summed E-state index contributed by atoms with van der Waals surface area (Å²) in [6.07, 6.45) is 6.28. The van der Waals surface area contributed by atoms with Gasteiger partial charge in [0.25, 0.3) is 5.69 Å². The van der Waals surface area contributed by atoms with Crippen LogP contribution >= 0.6 is 0 Å². The summed E-state index contributed by atoms with van der Waals surface area (Å²) in [7, 11) is 3.64. The van der Waals surface area contributed by atoms with Gasteiger partial charge in [0.1, 0.15) is 12.0 Å². The SMILES string of the molecule is CN(C)C=Cc1cc(NC(=O)C2CC2)ncc1[N+](=O)[O-]. The molecule has 20 heavy (non-hydrogen) atoms. The average molecular weight is 276 g/mol. The number of rotatable bonds is 5. The second kappa shape index (κ2) is 5.68. The second-order valence-electron chi connectivity index (χ2n) is 4.93. The zero-order valence-corrected chi connectivity index (χ0v) is 11.4. The van der Waals surface area contributed by atoms with Crippen LogP contribution in [0.5, 0.6) is 0 Å². The van der Waals surface area contributed by atoms with Crippen molar-refractivity contribution in [3.63, 3.8) is 0 Å². The summed E-state index contributed by atoms with van der Waals surface area (Å²) in [5.41, 5.74) is 0.317. The summed E-state index contributed by atoms with van der Waals surface area (Å²) in [5, 5.41) is 13.6. The van der Waals surface area contributed by atoms with Gasteiger partial charge in [0.05, 0.1) is 10.5 Å². The van der Waals surface area contributed by atoms with Gasteiger partial charge in [-0.15, -0.1) is 0 Å². The van der Waals surface area contributed by atoms with Crippen molar-refractivity contribution >= 4 is 23.5 Å². The lowest BCUT2D eigenvalue weighted by Crippen LogP contribution is -2.14. The van der Waals surface area contributed by atoms with Crippen molar-refractivity contribution in [1.29, 1.82) is 0 Å². The standard InChI is InChI=1S/C13H16N4O3/c1-16(2)6-5-10-7-12(14-8-11(10)17(19)20)15-13(18)9-3-4-9/h5-9H,3-4H2,1-2H3,(H,14,15,18). The number of carbonyl (C=O) groups excluding carboxylic acids is 1. The first-order valence-electron chi connectivity index (χ1n) is 6.27. The number of amides is 1. The normalized spacial score (nSPS) is 14.3. The molecule has 1 heterocycles. The monoisotopic (exact) mass is 276 g/mol. The predicted molar refractivity (Wildman–Crippen MR) is 75.0 cm³/mol. The summed E-state index contributed by atoms with van der Waals surface area (Å²) < 4.78 is 0. The molecule has 0 bridgehead atoms. The molecule has 1 aliphatic rings. The van der Waals surface area contributed by atoms with Crippen molar-refractivity contribution in [1.82, 2.24) is 9.88 Å². The van der Waals surface area contributed by atoms with E-state index >= 15 is 0 Å². The molecule has 0 unspecified atom stereocenters. The highest BCUT2D eigenvalue weighted by Gasteiger charge is 2.30. The molecule has 7 nitrogen and oxygen atoms in total. The molecule has 1 aromatic rings. The van der Waals surface area contributed by atoms with E-state index in [4.69, 9.17) is 0 Å². The molecule has 0 aromatic carbocycles. The molecule has 106 valence electrons. The molecule has 1 amide bonds. The first kappa shape index (κ1) is 14.0. The highest BCUT2D eigenvalue weighted by atomic mass is 16.6. The lowest BCUT2D eigenvalue weighted by Gasteiger charge is -2.06. The maximum Gasteiger partial charge on any atom is 0.294 e. The number of nitrogens with zero attached hydrogens (tertiary/aromatic N) is 3. The van der Waals surface area contributed by atoms with Gasteiger partial charge < -0.3 is 10.2 Å². The van der Waals surface area contributed by atoms with Crippen molar-refractivity contribution in [2.45, 2.75) is 12.8 Å². The Bertz CT molecular complexity index is 565. The Labute approximate surface area is 116 Å². The quantitative estimate of drug-likeness (QED) is 0.655. The summed E-state index contributed by atoms with van der Waals surface area (Å²) in [5.74, 6) is 0.326. The van der Waals surface area contributed by atoms with Crippen LogP contribution in [0.4, 0.5) is 11.5 Å². The largest absolute Gasteiger partial charge is 0.383 e. The minimum atomic E-state index is -0.491. The molecule has 7 heteroatoms. The van der Waals surface area contributed by atoms with E-state index in [0.717, 1.165) is 19.0 Å². The Morgan fingerprint density at radius 2 is 2.25 bits per heavy atom. The fourth-order valence-electron chi connectivity index (χ4n) is 1.62. The predicted octanol–water partition coefficient (Wildman–Crippen LogP) is 1.87. The lowest BCUT2D eigenvalue weighted by molar-refractivity contribution is -0.385. The lowest BCUT2D eigenvalue weighted by atomic mass is 10.2. The molecule has 1 fully saturated rings. The number of hydrogen-bond donors (Lipinski definition) is 1. The fourth-order valence-corrected chi connectivity index (χ4v) is 1.62. The molecule has 2 rings (SSSR count). The number of hydrogen-bond acceptors (Lipinski definition) is 5. The molecule has 0 spiro atoms. The summed E-state index contributed by atoms with van der Waals surface area (Å²) in [6, 6.07) is 1.51. The molecule has 1 aromatic heterocycles. The van der Waals surface area contributed by atoms with Gasteiger partial charge in [0.15, 0.2) is 0 Å². The highest BCUT2D eigenvalue weighted by Crippen LogP contribution is 2.30. The Hall–Kier alpha value is -2.44. The van der Waals surface area contributed by atoms with Gasteiger partial charge in [-0.2, -0.15) is 0 Å². The number of anilines is 1. The van der Waals surface area contributed by atoms with Gasteiger partial charge >= 0.3 is 0 Å². The topological polar surface area (TPSA) is 88.4 Å². The van der Waals surface area contributed by atoms with Crippen LogP contribution in [0, 0.1) is 16.0 Å². The van der Waals surface area contributed by atoms with Gasteiger partial charge in [-0.05, 0) is 31.2 Å². The molecule has 0 radical (unpaired) electrons. The maximum absolute atomic E-state index is 11.7. The zero-order valence-electron chi connectivity index (χ0n) is 11.4. The number of carbonyl (C=O) groups is 1. The van der Waals surface area contributed by atoms with Gasteiger partial charge in [-0.1, -0.05) is 0 Å². The van der Waals surface area contributed by atoms with Crippen molar-refractivity contribution in [3.05, 3.63) is 34.1 Å². The van der Waals surface area contributed by atoms with Gasteiger partial charge in [-0.25, -0.2) is 4.98 Å². The van der Waals surface area contributed by atoms with Crippen LogP contribution in [0.25, 0.3) is 6.08 Å². The minimum Gasteiger partial charge on any atom is -0.383 e. The van der Waals surface area contributed by atoms with Crippen molar-refractivity contribution in [2.75, 3.05) is 19.4 Å². The third-order valence-electron chi connectivity index (χ3n) is 2.86. The maximum atomic E-state index is 11.7. The van der Waals surface area contributed by atoms with Crippen molar-refractivity contribution in [2.24, 2.45) is 5.92 Å². The van der Waals surface area contributed by atoms with E-state index in [1.807, 2.05) is 14.1 Å². The molecular weight excluding hydrogens is 260 g/mol. The molecule has 1 saturated carbocycles. The van der Waals surface area contributed by atoms with Crippen LogP contribution < -0.4 is 5.32 Å². The Kier molecular flexibility index (Phi) is 3.97. The van der Waals surface area contributed by atoms with Crippen LogP contribution in [-0.2, 0) is 4.79 Å². The number of aromatic nitrogens is 1. The minimum absolute atomic E-state index is 0.0627. The summed E-state index contributed by atoms with van der Waals surface area (Å²) in [6.45, 7) is 0. The van der Waals surface area contributed by atoms with Crippen LogP contribution in [0.3, 0.4) is 0 Å². The van der Waals surface area contributed by atoms with E-state index < -0.39 is 4.92 Å². The van der Waals surface area contributed by atoms with E-state index in [-0.39, 0.29) is 17.5 Å². The second-order valence-corrected chi connectivity index (χ2v) is 4.93. The molecular formula is C13H16N4O3. The number of pyridine rings is 1. The van der Waals surface area contributed by atoms with Crippen LogP contribution in [-0.4, -0.2) is 34.8 Å². The molecule has 0 aliphatic heterocycles. The van der Waals surface area contributed by atoms with Crippen molar-refractivity contribution in [3.8, 4) is 0 Å². The Balaban J connectivity index is 2.24. The molecule has 0 saturated heterocycles. The molecule has 1 N–H and O–H groups in total. The molecule has 1 aliphatic carbocycles. The smallest absolute Gasteiger partial charge is 0.294 e. The average Bonchev–Trinajstić information content (AvgIpc) is 3.20. The molecule has 0 atom stereocenters. The van der Waals surface area contributed by atoms with E-state index in [2.05, 4.69) is 10.3 Å². The van der Waals surface area contributed by atoms with E-state index in [9.17, 15) is 14.9 Å². The van der Waals surface area contributed by atoms with E-state index in [1.165, 1.54) is 6.07 Å². The highest BCUT2D eigenvalue weighted by molar-refractivity contribution is 5.93. The summed E-state index contributed by atoms with van der Waals surface area (Å²) >= 11 is 0. The van der Waals surface area contributed by atoms with Crippen molar-refractivity contribution < 1.29 is 9.72 Å². The zero-order chi connectivity index (χ0) is 14.7. The first-order chi connectivity index (χ1) is 9.47. The van der Waals surface area contributed by atoms with Gasteiger partial charge in [0.2, 0.25) is 5.91 Å². The van der Waals surface area contributed by atoms with Gasteiger partial charge in [0, 0.05) is 20.0 Å². The summed E-state index contributed by atoms with van der Waals surface area (Å²) in [4.78, 5) is 27.8. The fraction of sp³-hybridized carbons (Fsp3) is 0.385. The third kappa shape index (κ3) is 3.53. The Morgan fingerprint density at radius 3 is 2.80 bits per heavy atom. The number of nitrogens with one attached hydrogen (secondary N) is 1. The van der Waals surface area contributed by atoms with Crippen LogP contribution in [0.15, 0.2) is 18.5 Å². The third-order valence-corrected chi connectivity index (χ3v) is 2.86. The van der Waals surface area contributed by atoms with Crippen LogP contribution in [0.2, 0.25) is 0 Å². The van der Waals surface area contributed by atoms with Crippen LogP contribution in [0.1, 0.15) is 18.4 Å².